The Bertz CT molecular complexity index is 702. The fourth-order valence-corrected chi connectivity index (χ4v) is 6.03. The Hall–Kier alpha value is -1.42. The molecule has 0 aromatic rings. The highest BCUT2D eigenvalue weighted by Gasteiger charge is 2.56. The smallest absolute Gasteiger partial charge is 0.320 e. The van der Waals surface area contributed by atoms with Crippen molar-refractivity contribution in [2.45, 2.75) is 88.9 Å². The second-order valence-electron chi connectivity index (χ2n) is 9.74. The van der Waals surface area contributed by atoms with E-state index in [2.05, 4.69) is 41.6 Å². The largest absolute Gasteiger partial charge is 0.373 e. The van der Waals surface area contributed by atoms with Crippen molar-refractivity contribution in [2.24, 2.45) is 5.92 Å². The van der Waals surface area contributed by atoms with E-state index in [9.17, 15) is 9.59 Å². The van der Waals surface area contributed by atoms with E-state index in [0.29, 0.717) is 0 Å². The maximum atomic E-state index is 13.1. The number of hydrogen-bond donors (Lipinski definition) is 3. The van der Waals surface area contributed by atoms with Gasteiger partial charge in [-0.25, -0.2) is 4.79 Å². The zero-order valence-corrected chi connectivity index (χ0v) is 17.9. The first kappa shape index (κ1) is 19.5. The number of nitrogens with one attached hydrogen (secondary N) is 3. The molecule has 29 heavy (non-hydrogen) atoms. The number of nitrogens with zero attached hydrogens (tertiary/aromatic N) is 3. The molecule has 3 amide bonds. The number of urea groups is 1. The second kappa shape index (κ2) is 6.80. The summed E-state index contributed by atoms with van der Waals surface area (Å²) in [5.41, 5.74) is -0.398. The third-order valence-corrected chi connectivity index (χ3v) is 7.87. The summed E-state index contributed by atoms with van der Waals surface area (Å²) in [4.78, 5) is 32.3. The first-order valence-corrected chi connectivity index (χ1v) is 11.1. The average Bonchev–Trinajstić information content (AvgIpc) is 3.01. The van der Waals surface area contributed by atoms with Gasteiger partial charge >= 0.3 is 6.03 Å². The van der Waals surface area contributed by atoms with E-state index in [1.165, 1.54) is 0 Å². The normalized spacial score (nSPS) is 44.8. The van der Waals surface area contributed by atoms with Crippen molar-refractivity contribution in [3.05, 3.63) is 0 Å². The van der Waals surface area contributed by atoms with Crippen LogP contribution in [0, 0.1) is 5.92 Å². The topological polar surface area (TPSA) is 89.2 Å². The van der Waals surface area contributed by atoms with Crippen LogP contribution in [0.3, 0.4) is 0 Å². The summed E-state index contributed by atoms with van der Waals surface area (Å²) < 4.78 is 6.51. The molecule has 0 spiro atoms. The highest BCUT2D eigenvalue weighted by molar-refractivity contribution is 5.81. The summed E-state index contributed by atoms with van der Waals surface area (Å²) in [5, 5.41) is 10.3. The molecule has 0 aliphatic carbocycles. The molecule has 9 nitrogen and oxygen atoms in total. The average molecular weight is 407 g/mol. The Morgan fingerprint density at radius 2 is 1.93 bits per heavy atom. The first-order chi connectivity index (χ1) is 13.8. The number of carbonyl (C=O) groups is 2. The number of hydrogen-bond acceptors (Lipinski definition) is 6. The van der Waals surface area contributed by atoms with Crippen LogP contribution < -0.4 is 16.0 Å². The number of ether oxygens (including phenoxy) is 1. The van der Waals surface area contributed by atoms with E-state index in [1.54, 1.807) is 0 Å². The van der Waals surface area contributed by atoms with Crippen LogP contribution in [-0.2, 0) is 9.53 Å². The van der Waals surface area contributed by atoms with Crippen LogP contribution in [-0.4, -0.2) is 89.2 Å². The lowest BCUT2D eigenvalue weighted by molar-refractivity contribution is -0.178. The first-order valence-electron chi connectivity index (χ1n) is 11.1. The van der Waals surface area contributed by atoms with E-state index in [4.69, 9.17) is 4.74 Å². The minimum atomic E-state index is -0.398. The van der Waals surface area contributed by atoms with Crippen molar-refractivity contribution >= 4 is 11.9 Å². The van der Waals surface area contributed by atoms with Gasteiger partial charge in [0.1, 0.15) is 6.17 Å². The maximum Gasteiger partial charge on any atom is 0.320 e. The molecule has 5 fully saturated rings. The fraction of sp³-hybridized carbons (Fsp3) is 0.900. The van der Waals surface area contributed by atoms with Crippen molar-refractivity contribution in [3.8, 4) is 0 Å². The number of carbonyl (C=O) groups excluding carboxylic acids is 2. The number of amides is 3. The summed E-state index contributed by atoms with van der Waals surface area (Å²) >= 11 is 0. The molecule has 5 saturated heterocycles. The summed E-state index contributed by atoms with van der Waals surface area (Å²) in [7, 11) is 1.91. The lowest BCUT2D eigenvalue weighted by Crippen LogP contribution is -2.75. The number of fused-ring (bicyclic) bond motifs is 2. The van der Waals surface area contributed by atoms with Crippen molar-refractivity contribution < 1.29 is 14.3 Å². The molecule has 0 aromatic carbocycles. The van der Waals surface area contributed by atoms with Crippen molar-refractivity contribution in [2.75, 3.05) is 20.1 Å². The van der Waals surface area contributed by atoms with Crippen molar-refractivity contribution in [1.29, 1.82) is 0 Å². The van der Waals surface area contributed by atoms with Crippen molar-refractivity contribution in [3.63, 3.8) is 0 Å². The van der Waals surface area contributed by atoms with Gasteiger partial charge in [-0.15, -0.1) is 0 Å². The van der Waals surface area contributed by atoms with Crippen LogP contribution in [0.5, 0.6) is 0 Å². The Morgan fingerprint density at radius 1 is 1.14 bits per heavy atom. The van der Waals surface area contributed by atoms with Gasteiger partial charge in [0.2, 0.25) is 5.91 Å². The predicted molar refractivity (Wildman–Crippen MR) is 107 cm³/mol. The van der Waals surface area contributed by atoms with E-state index in [0.717, 1.165) is 38.8 Å². The fourth-order valence-electron chi connectivity index (χ4n) is 6.03. The van der Waals surface area contributed by atoms with Gasteiger partial charge in [0, 0.05) is 13.6 Å². The van der Waals surface area contributed by atoms with Crippen molar-refractivity contribution in [1.82, 2.24) is 30.7 Å². The Labute approximate surface area is 172 Å². The highest BCUT2D eigenvalue weighted by atomic mass is 16.5. The number of piperidine rings is 2. The molecule has 0 aromatic heterocycles. The predicted octanol–water partition coefficient (Wildman–Crippen LogP) is 0.0389. The molecule has 162 valence electrons. The Kier molecular flexibility index (Phi) is 4.58. The molecule has 2 bridgehead atoms. The summed E-state index contributed by atoms with van der Waals surface area (Å²) in [6.07, 6.45) is 3.20. The molecular weight excluding hydrogens is 372 g/mol. The lowest BCUT2D eigenvalue weighted by atomic mass is 9.85. The molecule has 7 atom stereocenters. The van der Waals surface area contributed by atoms with Crippen LogP contribution in [0.25, 0.3) is 0 Å². The van der Waals surface area contributed by atoms with Gasteiger partial charge in [0.15, 0.2) is 0 Å². The summed E-state index contributed by atoms with van der Waals surface area (Å²) in [6, 6.07) is -0.0785. The minimum absolute atomic E-state index is 0.0159. The second-order valence-corrected chi connectivity index (χ2v) is 9.74. The zero-order valence-electron chi connectivity index (χ0n) is 17.9. The van der Waals surface area contributed by atoms with Crippen LogP contribution in [0.15, 0.2) is 0 Å². The van der Waals surface area contributed by atoms with Gasteiger partial charge in [0.25, 0.3) is 0 Å². The standard InChI is InChI=1S/C20H34N6O3/c1-11-8-10-25-17-12(18(27)24(4)20(25,2)3)5-6-14(22-17)26-15-13(29-11)7-9-21-16(15)23-19(26)28/h11-17,21-22H,5-10H2,1-4H3,(H,23,28)/t11-,12?,13?,14?,15?,16?,17?/m1/s1. The molecule has 3 N–H and O–H groups in total. The van der Waals surface area contributed by atoms with E-state index >= 15 is 0 Å². The molecule has 9 heteroatoms. The van der Waals surface area contributed by atoms with Crippen LogP contribution >= 0.6 is 0 Å². The van der Waals surface area contributed by atoms with E-state index < -0.39 is 5.66 Å². The zero-order chi connectivity index (χ0) is 20.5. The Balaban J connectivity index is 1.53. The van der Waals surface area contributed by atoms with E-state index in [-0.39, 0.29) is 54.6 Å². The third-order valence-electron chi connectivity index (χ3n) is 7.87. The quantitative estimate of drug-likeness (QED) is 0.526. The molecule has 5 rings (SSSR count). The third kappa shape index (κ3) is 2.89. The molecule has 5 aliphatic heterocycles. The van der Waals surface area contributed by atoms with Gasteiger partial charge in [-0.3, -0.25) is 20.3 Å². The minimum Gasteiger partial charge on any atom is -0.373 e. The Morgan fingerprint density at radius 3 is 2.72 bits per heavy atom. The van der Waals surface area contributed by atoms with Gasteiger partial charge < -0.3 is 19.9 Å². The van der Waals surface area contributed by atoms with Crippen LogP contribution in [0.4, 0.5) is 4.79 Å². The number of rotatable bonds is 0. The molecule has 5 aliphatic rings. The van der Waals surface area contributed by atoms with Gasteiger partial charge in [0.05, 0.1) is 42.2 Å². The maximum absolute atomic E-state index is 13.1. The van der Waals surface area contributed by atoms with Crippen LogP contribution in [0.2, 0.25) is 0 Å². The van der Waals surface area contributed by atoms with Gasteiger partial charge in [-0.1, -0.05) is 0 Å². The summed E-state index contributed by atoms with van der Waals surface area (Å²) in [5.74, 6) is 0.116. The SMILES string of the molecule is C[C@@H]1CCN2C3NC(CCC3C(=O)N(C)C2(C)C)N2C(=O)NC3NCCC(O1)C32. The monoisotopic (exact) mass is 406 g/mol. The molecule has 0 radical (unpaired) electrons. The molecule has 5 heterocycles. The van der Waals surface area contributed by atoms with E-state index in [1.807, 2.05) is 16.8 Å². The van der Waals surface area contributed by atoms with Crippen LogP contribution in [0.1, 0.15) is 46.5 Å². The molecule has 0 saturated carbocycles. The molecule has 6 unspecified atom stereocenters. The molecular formula is C20H34N6O3. The highest BCUT2D eigenvalue weighted by Crippen LogP contribution is 2.39. The lowest BCUT2D eigenvalue weighted by Gasteiger charge is -2.58. The van der Waals surface area contributed by atoms with Gasteiger partial charge in [-0.2, -0.15) is 0 Å². The summed E-state index contributed by atoms with van der Waals surface area (Å²) in [6.45, 7) is 8.04. The van der Waals surface area contributed by atoms with Gasteiger partial charge in [-0.05, 0) is 53.0 Å².